The van der Waals surface area contributed by atoms with Gasteiger partial charge in [0.05, 0.1) is 36.7 Å². The monoisotopic (exact) mass is 484 g/mol. The number of esters is 1. The van der Waals surface area contributed by atoms with Gasteiger partial charge in [0, 0.05) is 36.6 Å². The lowest BCUT2D eigenvalue weighted by Gasteiger charge is -2.21. The Bertz CT molecular complexity index is 1370. The first kappa shape index (κ1) is 24.7. The Morgan fingerprint density at radius 1 is 1.22 bits per heavy atom. The summed E-state index contributed by atoms with van der Waals surface area (Å²) in [5, 5.41) is 12.4. The summed E-state index contributed by atoms with van der Waals surface area (Å²) in [6.07, 6.45) is 6.97. The van der Waals surface area contributed by atoms with E-state index < -0.39 is 0 Å². The van der Waals surface area contributed by atoms with Gasteiger partial charge < -0.3 is 14.6 Å². The summed E-state index contributed by atoms with van der Waals surface area (Å²) in [5.41, 5.74) is 3.91. The zero-order valence-corrected chi connectivity index (χ0v) is 20.4. The van der Waals surface area contributed by atoms with Crippen LogP contribution in [0, 0.1) is 11.3 Å². The number of anilines is 1. The van der Waals surface area contributed by atoms with E-state index in [0.29, 0.717) is 30.0 Å². The number of ether oxygens (including phenoxy) is 1. The van der Waals surface area contributed by atoms with Crippen molar-refractivity contribution in [1.82, 2.24) is 19.9 Å². The number of allylic oxidation sites excluding steroid dienone is 4. The maximum Gasteiger partial charge on any atom is 0.307 e. The van der Waals surface area contributed by atoms with Gasteiger partial charge in [-0.2, -0.15) is 5.26 Å². The van der Waals surface area contributed by atoms with Crippen molar-refractivity contribution in [2.45, 2.75) is 32.7 Å². The SMILES string of the molecule is CCOC(=O)CCN(C(=O)c1ccc2c(c1)nc(CNC1=CC=C(C#N)CC1)n2C)c1ccccn1. The third-order valence-electron chi connectivity index (χ3n) is 6.00. The van der Waals surface area contributed by atoms with Crippen molar-refractivity contribution >= 4 is 28.7 Å². The number of nitrogens with one attached hydrogen (secondary N) is 1. The lowest BCUT2D eigenvalue weighted by Crippen LogP contribution is -2.34. The molecule has 1 aliphatic rings. The molecule has 0 unspecified atom stereocenters. The minimum atomic E-state index is -0.365. The molecule has 9 heteroatoms. The number of nitrogens with zero attached hydrogens (tertiary/aromatic N) is 5. The van der Waals surface area contributed by atoms with Crippen molar-refractivity contribution in [3.8, 4) is 6.07 Å². The van der Waals surface area contributed by atoms with E-state index in [1.54, 1.807) is 43.5 Å². The number of hydrogen-bond donors (Lipinski definition) is 1. The summed E-state index contributed by atoms with van der Waals surface area (Å²) in [5.74, 6) is 0.662. The van der Waals surface area contributed by atoms with Crippen molar-refractivity contribution in [2.75, 3.05) is 18.1 Å². The Morgan fingerprint density at radius 2 is 2.08 bits per heavy atom. The highest BCUT2D eigenvalue weighted by Crippen LogP contribution is 2.21. The van der Waals surface area contributed by atoms with Gasteiger partial charge in [-0.25, -0.2) is 9.97 Å². The van der Waals surface area contributed by atoms with Crippen LogP contribution in [0.15, 0.2) is 66.0 Å². The van der Waals surface area contributed by atoms with Crippen LogP contribution in [-0.4, -0.2) is 39.6 Å². The zero-order chi connectivity index (χ0) is 25.5. The minimum absolute atomic E-state index is 0.0682. The molecule has 0 spiro atoms. The fraction of sp³-hybridized carbons (Fsp3) is 0.296. The molecule has 0 fully saturated rings. The molecule has 0 radical (unpaired) electrons. The highest BCUT2D eigenvalue weighted by atomic mass is 16.5. The summed E-state index contributed by atoms with van der Waals surface area (Å²) in [4.78, 5) is 36.0. The molecule has 36 heavy (non-hydrogen) atoms. The zero-order valence-electron chi connectivity index (χ0n) is 20.4. The number of amides is 1. The van der Waals surface area contributed by atoms with E-state index in [-0.39, 0.29) is 24.8 Å². The Morgan fingerprint density at radius 3 is 2.78 bits per heavy atom. The molecule has 1 aromatic carbocycles. The van der Waals surface area contributed by atoms with E-state index in [0.717, 1.165) is 35.5 Å². The lowest BCUT2D eigenvalue weighted by molar-refractivity contribution is -0.142. The molecular formula is C27H28N6O3. The second-order valence-corrected chi connectivity index (χ2v) is 8.34. The normalized spacial score (nSPS) is 12.9. The van der Waals surface area contributed by atoms with E-state index in [2.05, 4.69) is 16.4 Å². The van der Waals surface area contributed by atoms with Crippen LogP contribution in [-0.2, 0) is 23.1 Å². The number of pyridine rings is 1. The van der Waals surface area contributed by atoms with Gasteiger partial charge in [0.2, 0.25) is 0 Å². The first-order valence-electron chi connectivity index (χ1n) is 11.9. The predicted molar refractivity (Wildman–Crippen MR) is 136 cm³/mol. The third-order valence-corrected chi connectivity index (χ3v) is 6.00. The van der Waals surface area contributed by atoms with Crippen molar-refractivity contribution < 1.29 is 14.3 Å². The lowest BCUT2D eigenvalue weighted by atomic mass is 10.0. The van der Waals surface area contributed by atoms with Gasteiger partial charge in [-0.1, -0.05) is 6.07 Å². The summed E-state index contributed by atoms with van der Waals surface area (Å²) in [6.45, 7) is 2.72. The van der Waals surface area contributed by atoms with Crippen LogP contribution >= 0.6 is 0 Å². The standard InChI is InChI=1S/C27H28N6O3/c1-3-36-26(34)13-15-33(24-6-4-5-14-29-24)27(35)20-9-12-23-22(16-20)31-25(32(23)2)18-30-21-10-7-19(17-28)8-11-21/h4-7,9-10,12,14,16,30H,3,8,11,13,15,18H2,1-2H3. The van der Waals surface area contributed by atoms with Gasteiger partial charge in [-0.05, 0) is 62.2 Å². The van der Waals surface area contributed by atoms with Gasteiger partial charge in [0.15, 0.2) is 0 Å². The molecule has 1 aliphatic carbocycles. The van der Waals surface area contributed by atoms with E-state index in [9.17, 15) is 9.59 Å². The van der Waals surface area contributed by atoms with E-state index in [1.807, 2.05) is 29.8 Å². The molecular weight excluding hydrogens is 456 g/mol. The molecule has 0 atom stereocenters. The molecule has 2 aromatic heterocycles. The van der Waals surface area contributed by atoms with Crippen molar-refractivity contribution in [3.63, 3.8) is 0 Å². The first-order valence-corrected chi connectivity index (χ1v) is 11.9. The van der Waals surface area contributed by atoms with E-state index in [4.69, 9.17) is 15.0 Å². The van der Waals surface area contributed by atoms with Crippen molar-refractivity contribution in [2.24, 2.45) is 7.05 Å². The first-order chi connectivity index (χ1) is 17.5. The average molecular weight is 485 g/mol. The Labute approximate surface area is 209 Å². The van der Waals surface area contributed by atoms with Gasteiger partial charge in [0.1, 0.15) is 11.6 Å². The second-order valence-electron chi connectivity index (χ2n) is 8.34. The van der Waals surface area contributed by atoms with Crippen LogP contribution in [0.2, 0.25) is 0 Å². The molecule has 3 aromatic rings. The van der Waals surface area contributed by atoms with Gasteiger partial charge >= 0.3 is 5.97 Å². The van der Waals surface area contributed by atoms with Crippen LogP contribution in [0.25, 0.3) is 11.0 Å². The molecule has 184 valence electrons. The Hall–Kier alpha value is -4.45. The van der Waals surface area contributed by atoms with Crippen LogP contribution in [0.3, 0.4) is 0 Å². The van der Waals surface area contributed by atoms with Gasteiger partial charge in [-0.3, -0.25) is 14.5 Å². The molecule has 1 N–H and O–H groups in total. The number of aromatic nitrogens is 3. The fourth-order valence-electron chi connectivity index (χ4n) is 4.04. The molecule has 0 aliphatic heterocycles. The molecule has 1 amide bonds. The van der Waals surface area contributed by atoms with E-state index in [1.165, 1.54) is 4.90 Å². The number of aryl methyl sites for hydroxylation is 1. The fourth-order valence-corrected chi connectivity index (χ4v) is 4.04. The van der Waals surface area contributed by atoms with Gasteiger partial charge in [-0.15, -0.1) is 0 Å². The topological polar surface area (TPSA) is 113 Å². The molecule has 0 bridgehead atoms. The quantitative estimate of drug-likeness (QED) is 0.460. The maximum atomic E-state index is 13.5. The Kier molecular flexibility index (Phi) is 7.75. The van der Waals surface area contributed by atoms with Crippen molar-refractivity contribution in [1.29, 1.82) is 5.26 Å². The molecule has 2 heterocycles. The number of carbonyl (C=O) groups excluding carboxylic acids is 2. The Balaban J connectivity index is 1.54. The molecule has 4 rings (SSSR count). The highest BCUT2D eigenvalue weighted by molar-refractivity contribution is 6.07. The number of hydrogen-bond acceptors (Lipinski definition) is 7. The third kappa shape index (κ3) is 5.61. The summed E-state index contributed by atoms with van der Waals surface area (Å²) in [7, 11) is 1.94. The van der Waals surface area contributed by atoms with Gasteiger partial charge in [0.25, 0.3) is 5.91 Å². The molecule has 0 saturated heterocycles. The van der Waals surface area contributed by atoms with Crippen molar-refractivity contribution in [3.05, 3.63) is 77.4 Å². The minimum Gasteiger partial charge on any atom is -0.466 e. The average Bonchev–Trinajstić information content (AvgIpc) is 3.23. The summed E-state index contributed by atoms with van der Waals surface area (Å²) >= 11 is 0. The van der Waals surface area contributed by atoms with Crippen LogP contribution in [0.1, 0.15) is 42.4 Å². The van der Waals surface area contributed by atoms with Crippen LogP contribution < -0.4 is 10.2 Å². The number of rotatable bonds is 9. The number of nitriles is 1. The maximum absolute atomic E-state index is 13.5. The molecule has 0 saturated carbocycles. The smallest absolute Gasteiger partial charge is 0.307 e. The highest BCUT2D eigenvalue weighted by Gasteiger charge is 2.21. The summed E-state index contributed by atoms with van der Waals surface area (Å²) < 4.78 is 7.02. The number of fused-ring (bicyclic) bond motifs is 1. The number of imidazole rings is 1. The molecule has 9 nitrogen and oxygen atoms in total. The number of benzene rings is 1. The van der Waals surface area contributed by atoms with Crippen LogP contribution in [0.4, 0.5) is 5.82 Å². The van der Waals surface area contributed by atoms with Crippen LogP contribution in [0.5, 0.6) is 0 Å². The summed E-state index contributed by atoms with van der Waals surface area (Å²) in [6, 6.07) is 12.9. The predicted octanol–water partition coefficient (Wildman–Crippen LogP) is 3.79. The largest absolute Gasteiger partial charge is 0.466 e. The second kappa shape index (κ2) is 11.3. The number of carbonyl (C=O) groups is 2. The van der Waals surface area contributed by atoms with E-state index >= 15 is 0 Å².